The highest BCUT2D eigenvalue weighted by Gasteiger charge is 2.69. The van der Waals surface area contributed by atoms with Crippen molar-refractivity contribution < 1.29 is 79.5 Å². The van der Waals surface area contributed by atoms with E-state index in [1.165, 1.54) is 25.7 Å². The molecule has 5 aliphatic heterocycles. The quantitative estimate of drug-likeness (QED) is 0.130. The molecule has 0 aromatic carbocycles. The average Bonchev–Trinajstić information content (AvgIpc) is 3.72. The molecule has 27 atom stereocenters. The molecule has 0 aromatic rings. The summed E-state index contributed by atoms with van der Waals surface area (Å²) in [5, 5.41) is 111. The number of piperidine rings is 1. The molecule has 5 saturated heterocycles. The summed E-state index contributed by atoms with van der Waals surface area (Å²) in [6, 6.07) is 0. The van der Waals surface area contributed by atoms with Gasteiger partial charge in [-0.15, -0.1) is 0 Å². The van der Waals surface area contributed by atoms with Crippen LogP contribution in [0.25, 0.3) is 0 Å². The van der Waals surface area contributed by atoms with Crippen LogP contribution in [0.15, 0.2) is 0 Å². The Balaban J connectivity index is 0.833. The summed E-state index contributed by atoms with van der Waals surface area (Å²) < 4.78 is 37.4. The summed E-state index contributed by atoms with van der Waals surface area (Å²) in [6.07, 6.45) is -10.3. The molecule has 63 heavy (non-hydrogen) atoms. The van der Waals surface area contributed by atoms with Gasteiger partial charge in [0.05, 0.1) is 44.2 Å². The molecule has 17 nitrogen and oxygen atoms in total. The van der Waals surface area contributed by atoms with Gasteiger partial charge in [-0.05, 0) is 117 Å². The second kappa shape index (κ2) is 18.0. The highest BCUT2D eigenvalue weighted by atomic mass is 16.7. The monoisotopic (exact) mass is 900 g/mol. The van der Waals surface area contributed by atoms with Gasteiger partial charge in [0, 0.05) is 18.4 Å². The van der Waals surface area contributed by atoms with E-state index in [-0.39, 0.29) is 29.1 Å². The standard InChI is InChI=1S/C46H77NO16/c1-20-7-12-46(47-16-20)21(2)33-28(63-46)15-27-24-6-5-22-13-23(8-10-44(22,3)26(24)9-11-45(27,33)4)58-43-40(57)39(56)41(32(19-50)61-43)62-42-25(34(51)36(53)31(18-49)60-42)14-29-35(52)38(55)37(54)30(17-48)59-29/h20-43,47-57H,5-19H2,1-4H3/t20-,21-,22-,23-,24+,25+,26-,27-,28-,29-,30+,31+,32+,33-,34+,35-,36+,37+,38+,39+,40+,41-,42+,43+,44-,45-,46-/m0/s1. The van der Waals surface area contributed by atoms with Crippen molar-refractivity contribution in [3.8, 4) is 0 Å². The van der Waals surface area contributed by atoms with Gasteiger partial charge in [0.2, 0.25) is 0 Å². The fourth-order valence-corrected chi connectivity index (χ4v) is 15.4. The lowest BCUT2D eigenvalue weighted by atomic mass is 9.44. The van der Waals surface area contributed by atoms with Crippen molar-refractivity contribution in [2.45, 2.75) is 202 Å². The SMILES string of the molecule is C[C@H]1CC[C@]2(NC1)O[C@H]1C[C@H]3[C@@H]4CC[C@H]5C[C@@H](O[C@@H]6O[C@H](CO)[C@H](O[C@H]7O[C@H](CO)[C@@H](O)[C@H](O)[C@H]7C[C@@H]7O[C@H](CO)[C@@H](O)[C@H](O)[C@H]7O)[C@H](O)[C@H]6O)CC[C@]5(C)[C@H]4CC[C@]3(C)[C@H]1[C@@H]2C. The Morgan fingerprint density at radius 3 is 1.97 bits per heavy atom. The Bertz CT molecular complexity index is 1570. The van der Waals surface area contributed by atoms with Crippen LogP contribution in [0.4, 0.5) is 0 Å². The van der Waals surface area contributed by atoms with E-state index in [2.05, 4.69) is 33.0 Å². The van der Waals surface area contributed by atoms with Crippen LogP contribution in [-0.4, -0.2) is 181 Å². The van der Waals surface area contributed by atoms with Crippen LogP contribution in [0.1, 0.15) is 98.3 Å². The third-order valence-electron chi connectivity index (χ3n) is 19.0. The molecular formula is C46H77NO16. The maximum atomic E-state index is 11.6. The number of fused-ring (bicyclic) bond motifs is 7. The van der Waals surface area contributed by atoms with Crippen molar-refractivity contribution in [2.24, 2.45) is 58.2 Å². The zero-order valence-electron chi connectivity index (χ0n) is 37.4. The summed E-state index contributed by atoms with van der Waals surface area (Å²) in [7, 11) is 0. The zero-order valence-corrected chi connectivity index (χ0v) is 37.4. The number of aliphatic hydroxyl groups is 10. The van der Waals surface area contributed by atoms with E-state index >= 15 is 0 Å². The Morgan fingerprint density at radius 2 is 1.27 bits per heavy atom. The van der Waals surface area contributed by atoms with E-state index < -0.39 is 112 Å². The van der Waals surface area contributed by atoms with Crippen molar-refractivity contribution in [1.29, 1.82) is 0 Å². The number of hydrogen-bond acceptors (Lipinski definition) is 17. The van der Waals surface area contributed by atoms with E-state index in [1.54, 1.807) is 0 Å². The third kappa shape index (κ3) is 7.90. The molecular weight excluding hydrogens is 822 g/mol. The number of hydrogen-bond donors (Lipinski definition) is 11. The zero-order chi connectivity index (χ0) is 44.9. The lowest BCUT2D eigenvalue weighted by Crippen LogP contribution is -2.65. The second-order valence-corrected chi connectivity index (χ2v) is 22.1. The first-order valence-electron chi connectivity index (χ1n) is 24.3. The van der Waals surface area contributed by atoms with Gasteiger partial charge in [-0.3, -0.25) is 5.32 Å². The van der Waals surface area contributed by atoms with Crippen LogP contribution in [0, 0.1) is 58.2 Å². The molecule has 0 aromatic heterocycles. The van der Waals surface area contributed by atoms with Gasteiger partial charge in [-0.25, -0.2) is 0 Å². The molecule has 0 bridgehead atoms. The predicted molar refractivity (Wildman–Crippen MR) is 221 cm³/mol. The molecule has 1 spiro atoms. The highest BCUT2D eigenvalue weighted by Crippen LogP contribution is 2.71. The highest BCUT2D eigenvalue weighted by molar-refractivity contribution is 5.16. The van der Waals surface area contributed by atoms with Crippen LogP contribution in [0.2, 0.25) is 0 Å². The fourth-order valence-electron chi connectivity index (χ4n) is 15.4. The first kappa shape index (κ1) is 47.4. The van der Waals surface area contributed by atoms with Crippen molar-refractivity contribution in [3.63, 3.8) is 0 Å². The molecule has 0 amide bonds. The van der Waals surface area contributed by atoms with Crippen LogP contribution in [-0.2, 0) is 28.4 Å². The summed E-state index contributed by atoms with van der Waals surface area (Å²) in [4.78, 5) is 0. The molecule has 17 heteroatoms. The smallest absolute Gasteiger partial charge is 0.186 e. The van der Waals surface area contributed by atoms with Crippen molar-refractivity contribution in [2.75, 3.05) is 26.4 Å². The summed E-state index contributed by atoms with van der Waals surface area (Å²) in [5.41, 5.74) is 0.265. The lowest BCUT2D eigenvalue weighted by molar-refractivity contribution is -0.361. The minimum absolute atomic E-state index is 0.158. The van der Waals surface area contributed by atoms with Gasteiger partial charge < -0.3 is 79.5 Å². The van der Waals surface area contributed by atoms with Gasteiger partial charge in [-0.2, -0.15) is 0 Å². The van der Waals surface area contributed by atoms with Crippen molar-refractivity contribution in [3.05, 3.63) is 0 Å². The van der Waals surface area contributed by atoms with Crippen LogP contribution >= 0.6 is 0 Å². The van der Waals surface area contributed by atoms with E-state index in [0.29, 0.717) is 47.5 Å². The number of ether oxygens (including phenoxy) is 6. The average molecular weight is 900 g/mol. The van der Waals surface area contributed by atoms with Crippen LogP contribution in [0.5, 0.6) is 0 Å². The molecule has 4 aliphatic carbocycles. The fraction of sp³-hybridized carbons (Fsp3) is 1.00. The van der Waals surface area contributed by atoms with E-state index in [1.807, 2.05) is 0 Å². The van der Waals surface area contributed by atoms with Crippen LogP contribution in [0.3, 0.4) is 0 Å². The third-order valence-corrected chi connectivity index (χ3v) is 19.0. The topological polar surface area (TPSA) is 270 Å². The maximum Gasteiger partial charge on any atom is 0.186 e. The van der Waals surface area contributed by atoms with Crippen molar-refractivity contribution in [1.82, 2.24) is 5.32 Å². The molecule has 0 unspecified atom stereocenters. The van der Waals surface area contributed by atoms with E-state index in [4.69, 9.17) is 28.4 Å². The number of nitrogens with one attached hydrogen (secondary N) is 1. The molecule has 4 saturated carbocycles. The molecule has 11 N–H and O–H groups in total. The van der Waals surface area contributed by atoms with Crippen LogP contribution < -0.4 is 5.32 Å². The number of rotatable bonds is 9. The largest absolute Gasteiger partial charge is 0.394 e. The molecule has 362 valence electrons. The van der Waals surface area contributed by atoms with E-state index in [0.717, 1.165) is 45.1 Å². The van der Waals surface area contributed by atoms with Gasteiger partial charge in [0.1, 0.15) is 66.8 Å². The Hall–Kier alpha value is -0.680. The number of aliphatic hydroxyl groups excluding tert-OH is 10. The first-order chi connectivity index (χ1) is 30.0. The normalized spacial score (nSPS) is 58.2. The van der Waals surface area contributed by atoms with Crippen molar-refractivity contribution >= 4 is 0 Å². The lowest BCUT2D eigenvalue weighted by Gasteiger charge is -2.61. The second-order valence-electron chi connectivity index (χ2n) is 22.1. The molecule has 9 fully saturated rings. The Morgan fingerprint density at radius 1 is 0.603 bits per heavy atom. The summed E-state index contributed by atoms with van der Waals surface area (Å²) >= 11 is 0. The Labute approximate surface area is 370 Å². The van der Waals surface area contributed by atoms with E-state index in [9.17, 15) is 51.1 Å². The maximum absolute atomic E-state index is 11.6. The molecule has 5 heterocycles. The molecule has 9 rings (SSSR count). The minimum Gasteiger partial charge on any atom is -0.394 e. The predicted octanol–water partition coefficient (Wildman–Crippen LogP) is -0.497. The van der Waals surface area contributed by atoms with Gasteiger partial charge >= 0.3 is 0 Å². The van der Waals surface area contributed by atoms with Gasteiger partial charge in [-0.1, -0.05) is 27.7 Å². The van der Waals surface area contributed by atoms with Gasteiger partial charge in [0.25, 0.3) is 0 Å². The summed E-state index contributed by atoms with van der Waals surface area (Å²) in [5.74, 6) is 2.90. The minimum atomic E-state index is -1.70. The molecule has 9 aliphatic rings. The van der Waals surface area contributed by atoms with Gasteiger partial charge in [0.15, 0.2) is 12.6 Å². The Kier molecular flexibility index (Phi) is 13.5. The molecule has 0 radical (unpaired) electrons. The first-order valence-corrected chi connectivity index (χ1v) is 24.3. The summed E-state index contributed by atoms with van der Waals surface area (Å²) in [6.45, 7) is 8.86.